The van der Waals surface area contributed by atoms with Crippen molar-refractivity contribution < 1.29 is 0 Å². The molecule has 60 heavy (non-hydrogen) atoms. The molecule has 0 atom stereocenters. The monoisotopic (exact) mass is 784 g/mol. The molecule has 8 rings (SSSR count). The Morgan fingerprint density at radius 2 is 0.617 bits per heavy atom. The Labute approximate surface area is 356 Å². The highest BCUT2D eigenvalue weighted by Gasteiger charge is 2.23. The van der Waals surface area contributed by atoms with Crippen LogP contribution in [0.3, 0.4) is 0 Å². The van der Waals surface area contributed by atoms with Crippen LogP contribution in [0.4, 0.5) is 0 Å². The second-order valence-electron chi connectivity index (χ2n) is 20.7. The fraction of sp³-hybridized carbons (Fsp3) is 0.286. The van der Waals surface area contributed by atoms with E-state index in [9.17, 15) is 10.5 Å². The zero-order valence-electron chi connectivity index (χ0n) is 37.3. The average molecular weight is 785 g/mol. The molecule has 0 unspecified atom stereocenters. The second-order valence-corrected chi connectivity index (χ2v) is 20.7. The number of nitrogens with zero attached hydrogens (tertiary/aromatic N) is 4. The minimum absolute atomic E-state index is 0.0157. The van der Waals surface area contributed by atoms with Crippen molar-refractivity contribution in [2.24, 2.45) is 0 Å². The van der Waals surface area contributed by atoms with Crippen molar-refractivity contribution in [1.82, 2.24) is 9.13 Å². The predicted molar refractivity (Wildman–Crippen MR) is 254 cm³/mol. The number of benzene rings is 6. The van der Waals surface area contributed by atoms with E-state index in [1.54, 1.807) is 0 Å². The van der Waals surface area contributed by atoms with Crippen molar-refractivity contribution in [3.63, 3.8) is 0 Å². The summed E-state index contributed by atoms with van der Waals surface area (Å²) in [7, 11) is 0. The smallest absolute Gasteiger partial charge is 0.138 e. The van der Waals surface area contributed by atoms with Gasteiger partial charge in [-0.1, -0.05) is 132 Å². The van der Waals surface area contributed by atoms with Crippen molar-refractivity contribution in [3.05, 3.63) is 160 Å². The van der Waals surface area contributed by atoms with Gasteiger partial charge in [-0.05, 0) is 128 Å². The standard InChI is InChI=1S/C56H56N4/c1-53(2,3)38-17-25-48-44(29-38)45-30-39(54(4,5)6)18-26-49(45)59(48)42-21-13-35(14-22-42)52(37(33-57)34-58)36-15-23-43(24-16-36)60-50-27-19-40(55(7,8)9)31-46(50)47-32-41(56(10,11)12)20-28-51(47)60/h13-32H,1-12H3. The van der Waals surface area contributed by atoms with E-state index < -0.39 is 0 Å². The summed E-state index contributed by atoms with van der Waals surface area (Å²) < 4.78 is 4.67. The third-order valence-electron chi connectivity index (χ3n) is 12.3. The Kier molecular flexibility index (Phi) is 9.53. The molecule has 2 aromatic heterocycles. The molecule has 0 saturated heterocycles. The Balaban J connectivity index is 1.24. The summed E-state index contributed by atoms with van der Waals surface area (Å²) in [6.07, 6.45) is 0. The molecule has 6 aromatic carbocycles. The first-order valence-corrected chi connectivity index (χ1v) is 21.1. The summed E-state index contributed by atoms with van der Waals surface area (Å²) >= 11 is 0. The van der Waals surface area contributed by atoms with E-state index in [1.807, 2.05) is 24.3 Å². The Hall–Kier alpha value is -6.36. The van der Waals surface area contributed by atoms with Gasteiger partial charge >= 0.3 is 0 Å². The van der Waals surface area contributed by atoms with Crippen molar-refractivity contribution >= 4 is 49.2 Å². The third-order valence-corrected chi connectivity index (χ3v) is 12.3. The number of allylic oxidation sites excluding steroid dienone is 1. The lowest BCUT2D eigenvalue weighted by atomic mass is 9.85. The third kappa shape index (κ3) is 6.99. The number of aromatic nitrogens is 2. The van der Waals surface area contributed by atoms with Crippen LogP contribution in [0.1, 0.15) is 116 Å². The number of fused-ring (bicyclic) bond motifs is 6. The van der Waals surface area contributed by atoms with Crippen LogP contribution in [-0.4, -0.2) is 9.13 Å². The molecule has 300 valence electrons. The molecule has 0 spiro atoms. The zero-order valence-corrected chi connectivity index (χ0v) is 37.3. The van der Waals surface area contributed by atoms with Gasteiger partial charge < -0.3 is 9.13 Å². The first kappa shape index (κ1) is 40.4. The summed E-state index contributed by atoms with van der Waals surface area (Å²) in [5.74, 6) is 0. The number of rotatable bonds is 4. The van der Waals surface area contributed by atoms with E-state index in [0.29, 0.717) is 5.57 Å². The summed E-state index contributed by atoms with van der Waals surface area (Å²) in [5, 5.41) is 25.5. The predicted octanol–water partition coefficient (Wildman–Crippen LogP) is 14.9. The van der Waals surface area contributed by atoms with Gasteiger partial charge in [-0.15, -0.1) is 0 Å². The SMILES string of the molecule is CC(C)(C)c1ccc2c(c1)c1cc(C(C)(C)C)ccc1n2-c1ccc(C(=C(C#N)C#N)c2ccc(-n3c4ccc(C(C)(C)C)cc4c4cc(C(C)(C)C)ccc43)cc2)cc1. The molecule has 0 aliphatic heterocycles. The van der Waals surface area contributed by atoms with E-state index in [-0.39, 0.29) is 27.2 Å². The Morgan fingerprint density at radius 3 is 0.833 bits per heavy atom. The second kappa shape index (κ2) is 14.1. The summed E-state index contributed by atoms with van der Waals surface area (Å²) in [6.45, 7) is 27.1. The first-order valence-electron chi connectivity index (χ1n) is 21.1. The van der Waals surface area contributed by atoms with Crippen LogP contribution < -0.4 is 0 Å². The lowest BCUT2D eigenvalue weighted by molar-refractivity contribution is 0.590. The highest BCUT2D eigenvalue weighted by molar-refractivity contribution is 6.11. The molecular formula is C56H56N4. The minimum Gasteiger partial charge on any atom is -0.309 e. The van der Waals surface area contributed by atoms with Gasteiger partial charge in [-0.25, -0.2) is 0 Å². The highest BCUT2D eigenvalue weighted by Crippen LogP contribution is 2.40. The summed E-state index contributed by atoms with van der Waals surface area (Å²) in [4.78, 5) is 0. The maximum Gasteiger partial charge on any atom is 0.138 e. The lowest BCUT2D eigenvalue weighted by Gasteiger charge is -2.19. The highest BCUT2D eigenvalue weighted by atomic mass is 15.0. The molecule has 0 aliphatic rings. The van der Waals surface area contributed by atoms with Gasteiger partial charge in [0, 0.05) is 38.5 Å². The van der Waals surface area contributed by atoms with E-state index in [0.717, 1.165) is 44.6 Å². The molecule has 4 heteroatoms. The van der Waals surface area contributed by atoms with Crippen LogP contribution in [0.2, 0.25) is 0 Å². The fourth-order valence-electron chi connectivity index (χ4n) is 8.62. The largest absolute Gasteiger partial charge is 0.309 e. The summed E-state index contributed by atoms with van der Waals surface area (Å²) in [6, 6.07) is 48.5. The molecular weight excluding hydrogens is 729 g/mol. The lowest BCUT2D eigenvalue weighted by Crippen LogP contribution is -2.10. The van der Waals surface area contributed by atoms with Crippen molar-refractivity contribution in [3.8, 4) is 23.5 Å². The van der Waals surface area contributed by atoms with Crippen molar-refractivity contribution in [2.45, 2.75) is 105 Å². The maximum atomic E-state index is 10.3. The molecule has 0 amide bonds. The summed E-state index contributed by atoms with van der Waals surface area (Å²) in [5.41, 5.74) is 14.2. The Morgan fingerprint density at radius 1 is 0.367 bits per heavy atom. The molecule has 2 heterocycles. The van der Waals surface area contributed by atoms with Gasteiger partial charge in [0.2, 0.25) is 0 Å². The van der Waals surface area contributed by atoms with E-state index in [4.69, 9.17) is 0 Å². The normalized spacial score (nSPS) is 12.6. The number of nitriles is 2. The molecule has 8 aromatic rings. The van der Waals surface area contributed by atoms with E-state index >= 15 is 0 Å². The maximum absolute atomic E-state index is 10.3. The fourth-order valence-corrected chi connectivity index (χ4v) is 8.62. The van der Waals surface area contributed by atoms with Gasteiger partial charge in [0.15, 0.2) is 0 Å². The molecule has 0 radical (unpaired) electrons. The van der Waals surface area contributed by atoms with Crippen LogP contribution in [0, 0.1) is 22.7 Å². The molecule has 0 saturated carbocycles. The topological polar surface area (TPSA) is 57.4 Å². The molecule has 0 N–H and O–H groups in total. The quantitative estimate of drug-likeness (QED) is 0.167. The van der Waals surface area contributed by atoms with E-state index in [1.165, 1.54) is 43.8 Å². The average Bonchev–Trinajstić information content (AvgIpc) is 3.70. The van der Waals surface area contributed by atoms with Gasteiger partial charge in [0.1, 0.15) is 17.7 Å². The minimum atomic E-state index is 0.0157. The van der Waals surface area contributed by atoms with Crippen LogP contribution in [-0.2, 0) is 21.7 Å². The Bertz CT molecular complexity index is 2750. The van der Waals surface area contributed by atoms with Gasteiger partial charge in [0.25, 0.3) is 0 Å². The van der Waals surface area contributed by atoms with E-state index in [2.05, 4.69) is 201 Å². The van der Waals surface area contributed by atoms with Crippen molar-refractivity contribution in [2.75, 3.05) is 0 Å². The number of hydrogen-bond acceptors (Lipinski definition) is 2. The van der Waals surface area contributed by atoms with Crippen LogP contribution in [0.5, 0.6) is 0 Å². The van der Waals surface area contributed by atoms with Crippen molar-refractivity contribution in [1.29, 1.82) is 10.5 Å². The number of hydrogen-bond donors (Lipinski definition) is 0. The van der Waals surface area contributed by atoms with Crippen LogP contribution >= 0.6 is 0 Å². The molecule has 4 nitrogen and oxygen atoms in total. The zero-order chi connectivity index (χ0) is 43.1. The van der Waals surface area contributed by atoms with Crippen LogP contribution in [0.15, 0.2) is 127 Å². The van der Waals surface area contributed by atoms with Gasteiger partial charge in [0.05, 0.1) is 22.1 Å². The molecule has 0 aliphatic carbocycles. The molecule has 0 bridgehead atoms. The van der Waals surface area contributed by atoms with Gasteiger partial charge in [-0.2, -0.15) is 10.5 Å². The van der Waals surface area contributed by atoms with Gasteiger partial charge in [-0.3, -0.25) is 0 Å². The van der Waals surface area contributed by atoms with Crippen LogP contribution in [0.25, 0.3) is 60.6 Å². The molecule has 0 fully saturated rings. The first-order chi connectivity index (χ1) is 28.2.